The molecule has 0 amide bonds. The molecule has 0 spiro atoms. The summed E-state index contributed by atoms with van der Waals surface area (Å²) in [6.45, 7) is 20.6. The minimum Gasteiger partial charge on any atom is -0.303 e. The van der Waals surface area contributed by atoms with Crippen molar-refractivity contribution in [2.24, 2.45) is 5.92 Å². The number of nitrogens with zero attached hydrogens (tertiary/aromatic N) is 3. The van der Waals surface area contributed by atoms with Crippen molar-refractivity contribution < 1.29 is 8.42 Å². The van der Waals surface area contributed by atoms with E-state index < -0.39 is 10.0 Å². The first-order chi connectivity index (χ1) is 11.4. The van der Waals surface area contributed by atoms with Crippen molar-refractivity contribution in [3.05, 3.63) is 0 Å². The zero-order valence-electron chi connectivity index (χ0n) is 18.2. The van der Waals surface area contributed by atoms with E-state index in [9.17, 15) is 8.42 Å². The average molecular weight is 378 g/mol. The van der Waals surface area contributed by atoms with E-state index in [1.54, 1.807) is 7.05 Å². The molecule has 5 nitrogen and oxygen atoms in total. The monoisotopic (exact) mass is 377 g/mol. The first-order valence-corrected chi connectivity index (χ1v) is 11.6. The molecule has 0 fully saturated rings. The Balaban J connectivity index is 4.95. The van der Waals surface area contributed by atoms with E-state index in [2.05, 4.69) is 44.4 Å². The Bertz CT molecular complexity index is 459. The van der Waals surface area contributed by atoms with Crippen LogP contribution in [0.5, 0.6) is 0 Å². The van der Waals surface area contributed by atoms with Crippen molar-refractivity contribution >= 4 is 10.0 Å². The molecule has 0 bridgehead atoms. The highest BCUT2D eigenvalue weighted by molar-refractivity contribution is 7.88. The predicted octanol–water partition coefficient (Wildman–Crippen LogP) is 3.12. The van der Waals surface area contributed by atoms with Gasteiger partial charge in [-0.1, -0.05) is 27.2 Å². The molecular weight excluding hydrogens is 334 g/mol. The van der Waals surface area contributed by atoms with Gasteiger partial charge < -0.3 is 4.90 Å². The highest BCUT2D eigenvalue weighted by Gasteiger charge is 2.33. The Morgan fingerprint density at radius 2 is 1.52 bits per heavy atom. The summed E-state index contributed by atoms with van der Waals surface area (Å²) in [4.78, 5) is 5.00. The van der Waals surface area contributed by atoms with Crippen LogP contribution in [0, 0.1) is 5.92 Å². The van der Waals surface area contributed by atoms with E-state index in [1.165, 1.54) is 10.6 Å². The van der Waals surface area contributed by atoms with Gasteiger partial charge in [-0.2, -0.15) is 4.31 Å². The van der Waals surface area contributed by atoms with Gasteiger partial charge in [0.2, 0.25) is 10.0 Å². The number of likely N-dealkylation sites (N-methyl/N-ethyl adjacent to an activating group) is 1. The lowest BCUT2D eigenvalue weighted by Crippen LogP contribution is -2.47. The molecule has 152 valence electrons. The van der Waals surface area contributed by atoms with E-state index >= 15 is 0 Å². The highest BCUT2D eigenvalue weighted by Crippen LogP contribution is 2.27. The summed E-state index contributed by atoms with van der Waals surface area (Å²) in [6.07, 6.45) is 3.23. The van der Waals surface area contributed by atoms with Crippen LogP contribution in [0.25, 0.3) is 0 Å². The normalized spacial score (nSPS) is 14.9. The Kier molecular flexibility index (Phi) is 10.8. The molecule has 0 aromatic carbocycles. The van der Waals surface area contributed by atoms with Gasteiger partial charge in [-0.15, -0.1) is 0 Å². The largest absolute Gasteiger partial charge is 0.303 e. The zero-order valence-corrected chi connectivity index (χ0v) is 19.0. The molecule has 0 N–H and O–H groups in total. The molecule has 0 aromatic rings. The zero-order chi connectivity index (χ0) is 19.8. The van der Waals surface area contributed by atoms with Crippen LogP contribution in [-0.2, 0) is 10.0 Å². The summed E-state index contributed by atoms with van der Waals surface area (Å²) >= 11 is 0. The molecule has 0 aliphatic heterocycles. The smallest absolute Gasteiger partial charge is 0.211 e. The molecule has 6 heteroatoms. The third kappa shape index (κ3) is 8.85. The molecule has 0 saturated carbocycles. The summed E-state index contributed by atoms with van der Waals surface area (Å²) in [7, 11) is -1.48. The topological polar surface area (TPSA) is 43.9 Å². The summed E-state index contributed by atoms with van der Waals surface area (Å²) in [5.74, 6) is 0.485. The molecule has 0 heterocycles. The Morgan fingerprint density at radius 1 is 1.00 bits per heavy atom. The minimum atomic E-state index is -3.17. The number of sulfonamides is 1. The summed E-state index contributed by atoms with van der Waals surface area (Å²) in [5, 5.41) is 0. The Morgan fingerprint density at radius 3 is 1.88 bits per heavy atom. The standard InChI is InChI=1S/C19H43N3O2S/c1-10-18(15-19(6,7)20(8)25(9,23)24)16-22(17(4)5)14-13-21(11-2)12-3/h17-18H,10-16H2,1-9H3. The second-order valence-corrected chi connectivity index (χ2v) is 10.2. The van der Waals surface area contributed by atoms with Gasteiger partial charge in [-0.25, -0.2) is 8.42 Å². The van der Waals surface area contributed by atoms with Gasteiger partial charge in [0, 0.05) is 38.3 Å². The van der Waals surface area contributed by atoms with Crippen LogP contribution in [0.1, 0.15) is 61.3 Å². The van der Waals surface area contributed by atoms with Crippen LogP contribution in [0.4, 0.5) is 0 Å². The lowest BCUT2D eigenvalue weighted by atomic mass is 9.88. The average Bonchev–Trinajstić information content (AvgIpc) is 2.51. The van der Waals surface area contributed by atoms with Crippen molar-refractivity contribution in [3.63, 3.8) is 0 Å². The Hall–Kier alpha value is -0.170. The van der Waals surface area contributed by atoms with E-state index in [0.29, 0.717) is 12.0 Å². The first kappa shape index (κ1) is 24.8. The van der Waals surface area contributed by atoms with Gasteiger partial charge in [0.05, 0.1) is 6.26 Å². The molecular formula is C19H43N3O2S. The van der Waals surface area contributed by atoms with Crippen LogP contribution >= 0.6 is 0 Å². The van der Waals surface area contributed by atoms with Crippen LogP contribution in [0.3, 0.4) is 0 Å². The van der Waals surface area contributed by atoms with Gasteiger partial charge >= 0.3 is 0 Å². The lowest BCUT2D eigenvalue weighted by Gasteiger charge is -2.39. The third-order valence-electron chi connectivity index (χ3n) is 5.54. The summed E-state index contributed by atoms with van der Waals surface area (Å²) in [6, 6.07) is 0.500. The fourth-order valence-corrected chi connectivity index (χ4v) is 4.30. The second-order valence-electron chi connectivity index (χ2n) is 8.14. The van der Waals surface area contributed by atoms with Gasteiger partial charge in [-0.05, 0) is 53.1 Å². The van der Waals surface area contributed by atoms with E-state index in [1.807, 2.05) is 13.8 Å². The second kappa shape index (κ2) is 10.9. The molecule has 1 atom stereocenters. The van der Waals surface area contributed by atoms with Crippen LogP contribution in [0.15, 0.2) is 0 Å². The number of hydrogen-bond donors (Lipinski definition) is 0. The van der Waals surface area contributed by atoms with Gasteiger partial charge in [0.15, 0.2) is 0 Å². The number of rotatable bonds is 13. The molecule has 0 aliphatic carbocycles. The van der Waals surface area contributed by atoms with Crippen molar-refractivity contribution in [1.82, 2.24) is 14.1 Å². The molecule has 0 aromatic heterocycles. The Labute approximate surface area is 157 Å². The van der Waals surface area contributed by atoms with Crippen molar-refractivity contribution in [3.8, 4) is 0 Å². The van der Waals surface area contributed by atoms with E-state index in [0.717, 1.165) is 45.6 Å². The van der Waals surface area contributed by atoms with E-state index in [4.69, 9.17) is 0 Å². The van der Waals surface area contributed by atoms with Gasteiger partial charge in [0.1, 0.15) is 0 Å². The predicted molar refractivity (Wildman–Crippen MR) is 110 cm³/mol. The van der Waals surface area contributed by atoms with Crippen LogP contribution in [-0.4, -0.2) is 80.1 Å². The lowest BCUT2D eigenvalue weighted by molar-refractivity contribution is 0.129. The number of hydrogen-bond acceptors (Lipinski definition) is 4. The SMILES string of the molecule is CCC(CN(CCN(CC)CC)C(C)C)CC(C)(C)N(C)S(C)(=O)=O. The maximum atomic E-state index is 11.9. The maximum Gasteiger partial charge on any atom is 0.211 e. The van der Waals surface area contributed by atoms with Crippen LogP contribution in [0.2, 0.25) is 0 Å². The first-order valence-electron chi connectivity index (χ1n) is 9.79. The molecule has 1 unspecified atom stereocenters. The van der Waals surface area contributed by atoms with Gasteiger partial charge in [-0.3, -0.25) is 4.90 Å². The van der Waals surface area contributed by atoms with Gasteiger partial charge in [0.25, 0.3) is 0 Å². The minimum absolute atomic E-state index is 0.365. The fraction of sp³-hybridized carbons (Fsp3) is 1.00. The van der Waals surface area contributed by atoms with E-state index in [-0.39, 0.29) is 5.54 Å². The highest BCUT2D eigenvalue weighted by atomic mass is 32.2. The third-order valence-corrected chi connectivity index (χ3v) is 7.03. The fourth-order valence-electron chi connectivity index (χ4n) is 3.32. The van der Waals surface area contributed by atoms with Crippen molar-refractivity contribution in [2.75, 3.05) is 46.0 Å². The molecule has 0 rings (SSSR count). The summed E-state index contributed by atoms with van der Waals surface area (Å²) in [5.41, 5.74) is -0.365. The molecule has 0 saturated heterocycles. The molecule has 0 aliphatic rings. The quantitative estimate of drug-likeness (QED) is 0.495. The van der Waals surface area contributed by atoms with Crippen LogP contribution < -0.4 is 0 Å². The molecule has 25 heavy (non-hydrogen) atoms. The van der Waals surface area contributed by atoms with Crippen molar-refractivity contribution in [1.29, 1.82) is 0 Å². The maximum absolute atomic E-state index is 11.9. The molecule has 0 radical (unpaired) electrons. The summed E-state index contributed by atoms with van der Waals surface area (Å²) < 4.78 is 25.4. The van der Waals surface area contributed by atoms with Crippen molar-refractivity contribution in [2.45, 2.75) is 72.9 Å².